The lowest BCUT2D eigenvalue weighted by Gasteiger charge is -2.12. The molecule has 0 saturated heterocycles. The van der Waals surface area contributed by atoms with Crippen molar-refractivity contribution in [1.29, 1.82) is 0 Å². The van der Waals surface area contributed by atoms with E-state index in [1.54, 1.807) is 0 Å². The average Bonchev–Trinajstić information content (AvgIpc) is 3.27. The number of hydrogen-bond acceptors (Lipinski definition) is 6. The molecule has 0 aliphatic carbocycles. The second-order valence-corrected chi connectivity index (χ2v) is 21.8. The minimum Gasteiger partial charge on any atom is -0.455 e. The second-order valence-electron chi connectivity index (χ2n) is 21.8. The molecule has 7 aromatic heterocycles. The highest BCUT2D eigenvalue weighted by Gasteiger charge is 2.23. The first-order valence-electron chi connectivity index (χ1n) is 28.2. The van der Waals surface area contributed by atoms with Gasteiger partial charge >= 0.3 is 0 Å². The zero-order valence-electron chi connectivity index (χ0n) is 44.7. The zero-order chi connectivity index (χ0) is 54.7. The summed E-state index contributed by atoms with van der Waals surface area (Å²) in [5.41, 5.74) is 17.4. The zero-order valence-corrected chi connectivity index (χ0v) is 44.7. The number of nitrogens with zero attached hydrogens (tertiary/aromatic N) is 6. The third-order valence-electron chi connectivity index (χ3n) is 17.3. The van der Waals surface area contributed by atoms with Crippen molar-refractivity contribution < 1.29 is 13.3 Å². The minimum absolute atomic E-state index is 0.565. The summed E-state index contributed by atoms with van der Waals surface area (Å²) >= 11 is 0. The molecule has 0 aliphatic heterocycles. The Morgan fingerprint density at radius 2 is 0.476 bits per heavy atom. The molecule has 0 radical (unpaired) electrons. The number of rotatable bonds is 6. The maximum Gasteiger partial charge on any atom is 0.164 e. The van der Waals surface area contributed by atoms with Crippen LogP contribution in [0.15, 0.2) is 268 Å². The Balaban J connectivity index is 0.751. The second kappa shape index (κ2) is 17.0. The lowest BCUT2D eigenvalue weighted by molar-refractivity contribution is 0.672. The largest absolute Gasteiger partial charge is 0.455 e. The van der Waals surface area contributed by atoms with E-state index in [1.165, 1.54) is 0 Å². The van der Waals surface area contributed by atoms with Crippen molar-refractivity contribution >= 4 is 131 Å². The van der Waals surface area contributed by atoms with Gasteiger partial charge in [-0.15, -0.1) is 0 Å². The van der Waals surface area contributed by atoms with Crippen molar-refractivity contribution in [2.75, 3.05) is 0 Å². The van der Waals surface area contributed by atoms with Gasteiger partial charge in [0.05, 0.1) is 49.3 Å². The molecule has 19 aromatic rings. The molecular formula is C75H42N6O3. The van der Waals surface area contributed by atoms with E-state index in [0.717, 1.165) is 165 Å². The first-order valence-corrected chi connectivity index (χ1v) is 28.2. The Labute approximate surface area is 476 Å². The molecule has 0 unspecified atom stereocenters. The molecule has 7 heterocycles. The van der Waals surface area contributed by atoms with Crippen molar-refractivity contribution in [3.05, 3.63) is 255 Å². The van der Waals surface area contributed by atoms with E-state index >= 15 is 0 Å². The molecule has 12 aromatic carbocycles. The van der Waals surface area contributed by atoms with E-state index in [0.29, 0.717) is 17.5 Å². The molecule has 19 rings (SSSR count). The smallest absolute Gasteiger partial charge is 0.164 e. The van der Waals surface area contributed by atoms with Gasteiger partial charge in [-0.1, -0.05) is 109 Å². The molecule has 0 aliphatic rings. The van der Waals surface area contributed by atoms with Gasteiger partial charge in [-0.25, -0.2) is 15.0 Å². The molecule has 0 fully saturated rings. The van der Waals surface area contributed by atoms with Crippen LogP contribution in [0.1, 0.15) is 0 Å². The van der Waals surface area contributed by atoms with Gasteiger partial charge in [0.2, 0.25) is 0 Å². The van der Waals surface area contributed by atoms with Crippen molar-refractivity contribution in [3.63, 3.8) is 0 Å². The maximum atomic E-state index is 6.62. The lowest BCUT2D eigenvalue weighted by atomic mass is 10.1. The maximum absolute atomic E-state index is 6.62. The topological polar surface area (TPSA) is 92.9 Å². The Bertz CT molecular complexity index is 5380. The number of aromatic nitrogens is 6. The van der Waals surface area contributed by atoms with Gasteiger partial charge in [-0.3, -0.25) is 0 Å². The predicted molar refractivity (Wildman–Crippen MR) is 341 cm³/mol. The fraction of sp³-hybridized carbons (Fsp3) is 0. The molecule has 9 nitrogen and oxygen atoms in total. The first-order chi connectivity index (χ1) is 41.6. The molecule has 0 N–H and O–H groups in total. The van der Waals surface area contributed by atoms with E-state index < -0.39 is 0 Å². The van der Waals surface area contributed by atoms with Crippen LogP contribution in [0.5, 0.6) is 0 Å². The van der Waals surface area contributed by atoms with Gasteiger partial charge in [-0.2, -0.15) is 0 Å². The van der Waals surface area contributed by atoms with Crippen LogP contribution in [-0.4, -0.2) is 28.7 Å². The first kappa shape index (κ1) is 45.2. The summed E-state index contributed by atoms with van der Waals surface area (Å²) in [6, 6.07) is 89.4. The van der Waals surface area contributed by atoms with Crippen LogP contribution in [0, 0.1) is 0 Å². The van der Waals surface area contributed by atoms with Crippen molar-refractivity contribution in [2.24, 2.45) is 0 Å². The molecule has 0 spiro atoms. The Hall–Kier alpha value is -11.6. The highest BCUT2D eigenvalue weighted by Crippen LogP contribution is 2.45. The van der Waals surface area contributed by atoms with Crippen LogP contribution in [0.3, 0.4) is 0 Å². The molecule has 9 heteroatoms. The summed E-state index contributed by atoms with van der Waals surface area (Å²) in [6.07, 6.45) is 0. The van der Waals surface area contributed by atoms with Crippen LogP contribution in [0.2, 0.25) is 0 Å². The van der Waals surface area contributed by atoms with Crippen molar-refractivity contribution in [3.8, 4) is 51.2 Å². The van der Waals surface area contributed by atoms with E-state index in [1.807, 2.05) is 36.4 Å². The lowest BCUT2D eigenvalue weighted by Crippen LogP contribution is -2.01. The van der Waals surface area contributed by atoms with Gasteiger partial charge in [0.15, 0.2) is 17.5 Å². The standard InChI is InChI=1S/C75H42N6O3/c1-7-19-58-55(16-1)67-61(40-37-52-49-13-4-10-22-64(49)82-70(52)67)79(58)46-31-25-43(26-32-46)73-76-74(44-27-33-47(34-28-44)80-59-20-8-2-17-56(59)68-62(80)41-38-53-50-14-5-11-23-65(50)83-71(53)68)78-75(77-73)45-29-35-48(36-30-45)81-60-21-9-3-18-57(60)69-63(81)42-39-54-51-15-6-12-24-66(51)84-72(54)69/h1-42H. The third-order valence-corrected chi connectivity index (χ3v) is 17.3. The summed E-state index contributed by atoms with van der Waals surface area (Å²) < 4.78 is 26.8. The van der Waals surface area contributed by atoms with E-state index in [9.17, 15) is 0 Å². The van der Waals surface area contributed by atoms with Gasteiger partial charge in [-0.05, 0) is 146 Å². The van der Waals surface area contributed by atoms with E-state index in [2.05, 4.69) is 232 Å². The molecule has 390 valence electrons. The van der Waals surface area contributed by atoms with Crippen LogP contribution in [-0.2, 0) is 0 Å². The summed E-state index contributed by atoms with van der Waals surface area (Å²) in [4.78, 5) is 15.9. The number of hydrogen-bond donors (Lipinski definition) is 0. The molecule has 84 heavy (non-hydrogen) atoms. The molecule has 0 atom stereocenters. The van der Waals surface area contributed by atoms with Gasteiger partial charge < -0.3 is 27.0 Å². The predicted octanol–water partition coefficient (Wildman–Crippen LogP) is 19.9. The Kier molecular flexibility index (Phi) is 9.15. The quantitative estimate of drug-likeness (QED) is 0.165. The van der Waals surface area contributed by atoms with Crippen LogP contribution >= 0.6 is 0 Å². The van der Waals surface area contributed by atoms with Crippen LogP contribution < -0.4 is 0 Å². The number of fused-ring (bicyclic) bond motifs is 21. The van der Waals surface area contributed by atoms with Gasteiger partial charge in [0.25, 0.3) is 0 Å². The summed E-state index contributed by atoms with van der Waals surface area (Å²) in [6.45, 7) is 0. The normalized spacial score (nSPS) is 12.3. The summed E-state index contributed by atoms with van der Waals surface area (Å²) in [5, 5.41) is 13.3. The van der Waals surface area contributed by atoms with E-state index in [4.69, 9.17) is 28.2 Å². The average molecular weight is 1080 g/mol. The molecular weight excluding hydrogens is 1030 g/mol. The number of para-hydroxylation sites is 6. The molecule has 0 saturated carbocycles. The van der Waals surface area contributed by atoms with Crippen molar-refractivity contribution in [2.45, 2.75) is 0 Å². The third kappa shape index (κ3) is 6.34. The Morgan fingerprint density at radius 1 is 0.214 bits per heavy atom. The Morgan fingerprint density at radius 3 is 0.774 bits per heavy atom. The number of furan rings is 3. The van der Waals surface area contributed by atoms with Crippen LogP contribution in [0.4, 0.5) is 0 Å². The fourth-order valence-corrected chi connectivity index (χ4v) is 13.6. The van der Waals surface area contributed by atoms with Gasteiger partial charge in [0.1, 0.15) is 33.5 Å². The summed E-state index contributed by atoms with van der Waals surface area (Å²) in [5.74, 6) is 1.70. The monoisotopic (exact) mass is 1070 g/mol. The van der Waals surface area contributed by atoms with Crippen molar-refractivity contribution in [1.82, 2.24) is 28.7 Å². The van der Waals surface area contributed by atoms with Gasteiger partial charge in [0, 0.05) is 82.2 Å². The van der Waals surface area contributed by atoms with Crippen LogP contribution in [0.25, 0.3) is 182 Å². The summed E-state index contributed by atoms with van der Waals surface area (Å²) in [7, 11) is 0. The SMILES string of the molecule is c1ccc2c(c1)oc1c2ccc2c1c1ccccc1n2-c1ccc(-c2nc(-c3ccc(-n4c5ccccc5c5c6oc7ccccc7c6ccc54)cc3)nc(-c3ccc(-n4c5ccccc5c5c6oc7ccccc7c6ccc54)cc3)n2)cc1. The fourth-order valence-electron chi connectivity index (χ4n) is 13.6. The highest BCUT2D eigenvalue weighted by molar-refractivity contribution is 6.26. The molecule has 0 amide bonds. The number of benzene rings is 12. The molecule has 0 bridgehead atoms. The minimum atomic E-state index is 0.565. The highest BCUT2D eigenvalue weighted by atomic mass is 16.3. The van der Waals surface area contributed by atoms with E-state index in [-0.39, 0.29) is 0 Å².